The lowest BCUT2D eigenvalue weighted by Gasteiger charge is -2.43. The summed E-state index contributed by atoms with van der Waals surface area (Å²) in [5.74, 6) is 0. The molecule has 1 heterocycles. The molecule has 0 spiro atoms. The third-order valence-corrected chi connectivity index (χ3v) is 4.97. The minimum Gasteiger partial charge on any atom is -0.312 e. The Morgan fingerprint density at radius 1 is 1.40 bits per heavy atom. The van der Waals surface area contributed by atoms with E-state index in [0.717, 1.165) is 18.7 Å². The van der Waals surface area contributed by atoms with Crippen LogP contribution >= 0.6 is 0 Å². The van der Waals surface area contributed by atoms with Gasteiger partial charge < -0.3 is 10.2 Å². The molecule has 1 saturated carbocycles. The van der Waals surface area contributed by atoms with Crippen LogP contribution < -0.4 is 5.32 Å². The van der Waals surface area contributed by atoms with E-state index in [2.05, 4.69) is 56.4 Å². The van der Waals surface area contributed by atoms with Crippen molar-refractivity contribution < 1.29 is 0 Å². The zero-order chi connectivity index (χ0) is 14.8. The summed E-state index contributed by atoms with van der Waals surface area (Å²) in [6.45, 7) is 5.31. The lowest BCUT2D eigenvalue weighted by molar-refractivity contribution is 0.104. The summed E-state index contributed by atoms with van der Waals surface area (Å²) >= 11 is 0. The third kappa shape index (κ3) is 2.91. The molecule has 114 valence electrons. The first kappa shape index (κ1) is 15.5. The van der Waals surface area contributed by atoms with Crippen molar-refractivity contribution in [3.05, 3.63) is 17.5 Å². The lowest BCUT2D eigenvalue weighted by atomic mass is 9.84. The molecule has 0 saturated heterocycles. The Bertz CT molecular complexity index is 430. The predicted molar refractivity (Wildman–Crippen MR) is 84.0 cm³/mol. The van der Waals surface area contributed by atoms with E-state index >= 15 is 0 Å². The average Bonchev–Trinajstić information content (AvgIpc) is 2.97. The zero-order valence-electron chi connectivity index (χ0n) is 13.7. The fourth-order valence-corrected chi connectivity index (χ4v) is 3.86. The molecule has 1 aromatic rings. The van der Waals surface area contributed by atoms with E-state index in [1.54, 1.807) is 0 Å². The molecule has 2 rings (SSSR count). The molecular weight excluding hydrogens is 248 g/mol. The van der Waals surface area contributed by atoms with E-state index in [9.17, 15) is 0 Å². The summed E-state index contributed by atoms with van der Waals surface area (Å²) in [4.78, 5) is 2.45. The van der Waals surface area contributed by atoms with Crippen molar-refractivity contribution in [2.45, 2.75) is 57.5 Å². The number of hydrogen-bond acceptors (Lipinski definition) is 3. The molecule has 1 atom stereocenters. The van der Waals surface area contributed by atoms with Crippen molar-refractivity contribution in [2.75, 3.05) is 20.6 Å². The Hall–Kier alpha value is -0.870. The Kier molecular flexibility index (Phi) is 4.86. The van der Waals surface area contributed by atoms with Gasteiger partial charge in [0.05, 0.1) is 5.69 Å². The number of nitrogens with one attached hydrogen (secondary N) is 1. The number of rotatable bonds is 6. The molecule has 1 N–H and O–H groups in total. The maximum absolute atomic E-state index is 4.49. The van der Waals surface area contributed by atoms with Gasteiger partial charge in [-0.1, -0.05) is 19.8 Å². The highest BCUT2D eigenvalue weighted by atomic mass is 15.3. The number of aryl methyl sites for hydroxylation is 2. The van der Waals surface area contributed by atoms with Crippen LogP contribution in [0.3, 0.4) is 0 Å². The van der Waals surface area contributed by atoms with Crippen LogP contribution in [0.25, 0.3) is 0 Å². The lowest BCUT2D eigenvalue weighted by Crippen LogP contribution is -2.58. The van der Waals surface area contributed by atoms with Crippen LogP contribution in [0.2, 0.25) is 0 Å². The third-order valence-electron chi connectivity index (χ3n) is 4.97. The SMILES string of the molecule is CCNC(Cc1cc(C)nn1C)C1(N(C)C)CCCC1. The molecule has 1 aromatic heterocycles. The van der Waals surface area contributed by atoms with Crippen molar-refractivity contribution in [1.82, 2.24) is 20.0 Å². The summed E-state index contributed by atoms with van der Waals surface area (Å²) < 4.78 is 2.04. The van der Waals surface area contributed by atoms with E-state index in [-0.39, 0.29) is 0 Å². The molecule has 0 aromatic carbocycles. The van der Waals surface area contributed by atoms with Crippen molar-refractivity contribution in [3.63, 3.8) is 0 Å². The zero-order valence-corrected chi connectivity index (χ0v) is 13.7. The van der Waals surface area contributed by atoms with Gasteiger partial charge in [-0.2, -0.15) is 5.10 Å². The minimum absolute atomic E-state index is 0.300. The van der Waals surface area contributed by atoms with E-state index in [0.29, 0.717) is 11.6 Å². The molecule has 4 heteroatoms. The minimum atomic E-state index is 0.300. The monoisotopic (exact) mass is 278 g/mol. The van der Waals surface area contributed by atoms with Crippen LogP contribution in [-0.4, -0.2) is 46.9 Å². The van der Waals surface area contributed by atoms with Gasteiger partial charge in [0.2, 0.25) is 0 Å². The molecule has 4 nitrogen and oxygen atoms in total. The summed E-state index contributed by atoms with van der Waals surface area (Å²) in [6.07, 6.45) is 6.36. The molecule has 0 aliphatic heterocycles. The quantitative estimate of drug-likeness (QED) is 0.865. The topological polar surface area (TPSA) is 33.1 Å². The normalized spacial score (nSPS) is 19.7. The Morgan fingerprint density at radius 3 is 2.50 bits per heavy atom. The molecule has 0 radical (unpaired) electrons. The Morgan fingerprint density at radius 2 is 2.05 bits per heavy atom. The first-order valence-corrected chi connectivity index (χ1v) is 7.90. The van der Waals surface area contributed by atoms with Crippen LogP contribution in [-0.2, 0) is 13.5 Å². The van der Waals surface area contributed by atoms with Crippen LogP contribution in [0, 0.1) is 6.92 Å². The Balaban J connectivity index is 2.23. The van der Waals surface area contributed by atoms with Gasteiger partial charge in [-0.25, -0.2) is 0 Å². The molecule has 0 amide bonds. The van der Waals surface area contributed by atoms with Gasteiger partial charge >= 0.3 is 0 Å². The second-order valence-corrected chi connectivity index (χ2v) is 6.42. The summed E-state index contributed by atoms with van der Waals surface area (Å²) in [7, 11) is 6.54. The first-order valence-electron chi connectivity index (χ1n) is 7.90. The second-order valence-electron chi connectivity index (χ2n) is 6.42. The van der Waals surface area contributed by atoms with Crippen LogP contribution in [0.1, 0.15) is 44.0 Å². The highest BCUT2D eigenvalue weighted by Crippen LogP contribution is 2.37. The van der Waals surface area contributed by atoms with Gasteiger partial charge in [-0.3, -0.25) is 4.68 Å². The number of likely N-dealkylation sites (N-methyl/N-ethyl adjacent to an activating group) is 2. The molecule has 1 fully saturated rings. The van der Waals surface area contributed by atoms with E-state index in [4.69, 9.17) is 0 Å². The summed E-state index contributed by atoms with van der Waals surface area (Å²) in [5, 5.41) is 8.24. The molecule has 1 unspecified atom stereocenters. The van der Waals surface area contributed by atoms with Gasteiger partial charge in [0, 0.05) is 30.7 Å². The maximum Gasteiger partial charge on any atom is 0.0596 e. The number of aromatic nitrogens is 2. The van der Waals surface area contributed by atoms with Gasteiger partial charge in [0.1, 0.15) is 0 Å². The molecular formula is C16H30N4. The highest BCUT2D eigenvalue weighted by molar-refractivity contribution is 5.14. The maximum atomic E-state index is 4.49. The van der Waals surface area contributed by atoms with E-state index in [1.165, 1.54) is 31.4 Å². The van der Waals surface area contributed by atoms with Crippen molar-refractivity contribution in [2.24, 2.45) is 7.05 Å². The standard InChI is InChI=1S/C16H30N4/c1-6-17-15(12-14-11-13(2)18-20(14)5)16(19(3)4)9-7-8-10-16/h11,15,17H,6-10,12H2,1-5H3. The summed E-state index contributed by atoms with van der Waals surface area (Å²) in [6, 6.07) is 2.72. The summed E-state index contributed by atoms with van der Waals surface area (Å²) in [5.41, 5.74) is 2.75. The van der Waals surface area contributed by atoms with Crippen LogP contribution in [0.4, 0.5) is 0 Å². The van der Waals surface area contributed by atoms with Crippen molar-refractivity contribution >= 4 is 0 Å². The molecule has 20 heavy (non-hydrogen) atoms. The van der Waals surface area contributed by atoms with Crippen LogP contribution in [0.5, 0.6) is 0 Å². The van der Waals surface area contributed by atoms with Crippen molar-refractivity contribution in [1.29, 1.82) is 0 Å². The van der Waals surface area contributed by atoms with Crippen LogP contribution in [0.15, 0.2) is 6.07 Å². The fourth-order valence-electron chi connectivity index (χ4n) is 3.86. The van der Waals surface area contributed by atoms with E-state index < -0.39 is 0 Å². The second kappa shape index (κ2) is 6.27. The fraction of sp³-hybridized carbons (Fsp3) is 0.812. The van der Waals surface area contributed by atoms with Gasteiger partial charge in [0.15, 0.2) is 0 Å². The van der Waals surface area contributed by atoms with E-state index in [1.807, 2.05) is 4.68 Å². The predicted octanol–water partition coefficient (Wildman–Crippen LogP) is 2.12. The molecule has 0 bridgehead atoms. The molecule has 1 aliphatic carbocycles. The van der Waals surface area contributed by atoms with Crippen molar-refractivity contribution in [3.8, 4) is 0 Å². The van der Waals surface area contributed by atoms with Gasteiger partial charge in [-0.05, 0) is 46.5 Å². The molecule has 1 aliphatic rings. The smallest absolute Gasteiger partial charge is 0.0596 e. The number of hydrogen-bond donors (Lipinski definition) is 1. The van der Waals surface area contributed by atoms with Gasteiger partial charge in [0.25, 0.3) is 0 Å². The highest BCUT2D eigenvalue weighted by Gasteiger charge is 2.42. The number of nitrogens with zero attached hydrogens (tertiary/aromatic N) is 3. The first-order chi connectivity index (χ1) is 9.49. The van der Waals surface area contributed by atoms with Gasteiger partial charge in [-0.15, -0.1) is 0 Å². The average molecular weight is 278 g/mol. The Labute approximate surface area is 123 Å². The largest absolute Gasteiger partial charge is 0.312 e.